The Labute approximate surface area is 214 Å². The molecule has 5 fully saturated rings. The molecule has 0 saturated heterocycles. The van der Waals surface area contributed by atoms with Crippen molar-refractivity contribution in [1.82, 2.24) is 0 Å². The van der Waals surface area contributed by atoms with Crippen LogP contribution in [0.25, 0.3) is 0 Å². The van der Waals surface area contributed by atoms with Crippen molar-refractivity contribution in [3.63, 3.8) is 0 Å². The molecule has 5 saturated carbocycles. The maximum Gasteiger partial charge on any atom is 0.302 e. The van der Waals surface area contributed by atoms with Gasteiger partial charge in [0.15, 0.2) is 0 Å². The Morgan fingerprint density at radius 2 is 1.54 bits per heavy atom. The topological polar surface area (TPSA) is 43.4 Å². The van der Waals surface area contributed by atoms with Crippen LogP contribution in [0.3, 0.4) is 0 Å². The average Bonchev–Trinajstić information content (AvgIpc) is 3.16. The number of rotatable bonds is 3. The molecular weight excluding hydrogens is 432 g/mol. The molecule has 3 nitrogen and oxygen atoms in total. The van der Waals surface area contributed by atoms with Crippen molar-refractivity contribution < 1.29 is 14.3 Å². The third-order valence-electron chi connectivity index (χ3n) is 13.6. The molecule has 0 bridgehead atoms. The van der Waals surface area contributed by atoms with Crippen LogP contribution in [0.2, 0.25) is 0 Å². The fourth-order valence-corrected chi connectivity index (χ4v) is 11.8. The number of carbonyl (C=O) groups excluding carboxylic acids is 2. The van der Waals surface area contributed by atoms with Crippen molar-refractivity contribution in [1.29, 1.82) is 0 Å². The van der Waals surface area contributed by atoms with Crippen LogP contribution in [-0.4, -0.2) is 18.4 Å². The smallest absolute Gasteiger partial charge is 0.302 e. The zero-order valence-electron chi connectivity index (χ0n) is 23.5. The first-order chi connectivity index (χ1) is 16.3. The van der Waals surface area contributed by atoms with Crippen LogP contribution >= 0.6 is 0 Å². The second-order valence-electron chi connectivity index (χ2n) is 15.0. The van der Waals surface area contributed by atoms with Gasteiger partial charge in [-0.3, -0.25) is 4.79 Å². The molecule has 0 unspecified atom stereocenters. The Kier molecular flexibility index (Phi) is 5.79. The van der Waals surface area contributed by atoms with Gasteiger partial charge in [-0.25, -0.2) is 0 Å². The summed E-state index contributed by atoms with van der Waals surface area (Å²) in [5, 5.41) is 0. The third kappa shape index (κ3) is 3.21. The first-order valence-corrected chi connectivity index (χ1v) is 14.6. The quantitative estimate of drug-likeness (QED) is 0.234. The fraction of sp³-hybridized carbons (Fsp3) is 0.875. The summed E-state index contributed by atoms with van der Waals surface area (Å²) in [7, 11) is 0. The Balaban J connectivity index is 1.51. The van der Waals surface area contributed by atoms with Gasteiger partial charge in [-0.1, -0.05) is 46.8 Å². The highest BCUT2D eigenvalue weighted by Gasteiger charge is 2.71. The lowest BCUT2D eigenvalue weighted by molar-refractivity contribution is -0.247. The number of hydrogen-bond acceptors (Lipinski definition) is 3. The molecule has 0 aromatic carbocycles. The van der Waals surface area contributed by atoms with Gasteiger partial charge in [-0.05, 0) is 117 Å². The van der Waals surface area contributed by atoms with Gasteiger partial charge in [-0.15, -0.1) is 0 Å². The number of aldehydes is 1. The van der Waals surface area contributed by atoms with Crippen molar-refractivity contribution >= 4 is 12.3 Å². The molecule has 0 amide bonds. The lowest BCUT2D eigenvalue weighted by Crippen LogP contribution is -2.66. The number of carbonyl (C=O) groups is 2. The second kappa shape index (κ2) is 7.94. The molecule has 196 valence electrons. The highest BCUT2D eigenvalue weighted by atomic mass is 16.5. The molecule has 5 rings (SSSR count). The molecule has 0 aromatic heterocycles. The van der Waals surface area contributed by atoms with Crippen LogP contribution in [0, 0.1) is 56.7 Å². The van der Waals surface area contributed by atoms with Crippen molar-refractivity contribution in [3.05, 3.63) is 12.2 Å². The van der Waals surface area contributed by atoms with Gasteiger partial charge < -0.3 is 9.53 Å². The van der Waals surface area contributed by atoms with E-state index in [9.17, 15) is 9.59 Å². The minimum atomic E-state index is -0.134. The molecule has 0 radical (unpaired) electrons. The largest absolute Gasteiger partial charge is 0.462 e. The first kappa shape index (κ1) is 25.5. The molecule has 0 aliphatic heterocycles. The lowest BCUT2D eigenvalue weighted by Gasteiger charge is -2.72. The zero-order chi connectivity index (χ0) is 25.6. The predicted molar refractivity (Wildman–Crippen MR) is 141 cm³/mol. The molecule has 0 aromatic rings. The maximum atomic E-state index is 12.6. The Morgan fingerprint density at radius 1 is 0.829 bits per heavy atom. The van der Waals surface area contributed by atoms with Crippen LogP contribution in [-0.2, 0) is 14.3 Å². The van der Waals surface area contributed by atoms with E-state index >= 15 is 0 Å². The van der Waals surface area contributed by atoms with Gasteiger partial charge in [0.05, 0.1) is 0 Å². The van der Waals surface area contributed by atoms with Gasteiger partial charge in [0.25, 0.3) is 0 Å². The lowest BCUT2D eigenvalue weighted by atomic mass is 9.32. The van der Waals surface area contributed by atoms with Crippen LogP contribution in [0.4, 0.5) is 0 Å². The summed E-state index contributed by atoms with van der Waals surface area (Å²) in [6, 6.07) is 0. The van der Waals surface area contributed by atoms with Crippen LogP contribution in [0.5, 0.6) is 0 Å². The molecule has 5 aliphatic rings. The summed E-state index contributed by atoms with van der Waals surface area (Å²) in [4.78, 5) is 24.5. The molecule has 0 heterocycles. The van der Waals surface area contributed by atoms with E-state index in [0.717, 1.165) is 32.1 Å². The van der Waals surface area contributed by atoms with Crippen LogP contribution in [0.1, 0.15) is 113 Å². The summed E-state index contributed by atoms with van der Waals surface area (Å²) in [6.07, 6.45) is 13.1. The molecule has 10 atom stereocenters. The minimum absolute atomic E-state index is 0.00743. The SMILES string of the molecule is C=C(C)[C@@H]1CC[C@]2(C=O)CC[C@@]3(C)[C@H](CC[C@@H]4[C@@]5(C)CC[C@H](OC(C)=O)C(C)(C)[C@@H]5CC[C@]43C)[C@H]12. The monoisotopic (exact) mass is 482 g/mol. The van der Waals surface area contributed by atoms with Crippen LogP contribution in [0.15, 0.2) is 12.2 Å². The molecule has 3 heteroatoms. The van der Waals surface area contributed by atoms with E-state index in [-0.39, 0.29) is 33.7 Å². The molecule has 5 aliphatic carbocycles. The van der Waals surface area contributed by atoms with E-state index in [1.54, 1.807) is 6.92 Å². The van der Waals surface area contributed by atoms with Crippen LogP contribution < -0.4 is 0 Å². The van der Waals surface area contributed by atoms with Crippen molar-refractivity contribution in [2.75, 3.05) is 0 Å². The van der Waals surface area contributed by atoms with E-state index in [1.165, 1.54) is 44.0 Å². The predicted octanol–water partition coefficient (Wildman–Crippen LogP) is 7.77. The summed E-state index contributed by atoms with van der Waals surface area (Å²) in [5.41, 5.74) is 2.05. The normalized spacial score (nSPS) is 52.3. The second-order valence-corrected chi connectivity index (χ2v) is 15.0. The highest BCUT2D eigenvalue weighted by Crippen LogP contribution is 2.77. The molecule has 35 heavy (non-hydrogen) atoms. The van der Waals surface area contributed by atoms with Crippen molar-refractivity contribution in [3.8, 4) is 0 Å². The van der Waals surface area contributed by atoms with E-state index in [1.807, 2.05) is 0 Å². The van der Waals surface area contributed by atoms with Crippen molar-refractivity contribution in [2.24, 2.45) is 56.7 Å². The van der Waals surface area contributed by atoms with E-state index in [0.29, 0.717) is 35.0 Å². The number of hydrogen-bond donors (Lipinski definition) is 0. The van der Waals surface area contributed by atoms with Gasteiger partial charge in [-0.2, -0.15) is 0 Å². The summed E-state index contributed by atoms with van der Waals surface area (Å²) < 4.78 is 5.89. The zero-order valence-corrected chi connectivity index (χ0v) is 23.5. The number of allylic oxidation sites excluding steroid dienone is 1. The van der Waals surface area contributed by atoms with Gasteiger partial charge in [0.1, 0.15) is 12.4 Å². The number of ether oxygens (including phenoxy) is 1. The summed E-state index contributed by atoms with van der Waals surface area (Å²) >= 11 is 0. The fourth-order valence-electron chi connectivity index (χ4n) is 11.8. The van der Waals surface area contributed by atoms with Crippen molar-refractivity contribution in [2.45, 2.75) is 119 Å². The van der Waals surface area contributed by atoms with E-state index < -0.39 is 0 Å². The molecular formula is C32H50O3. The summed E-state index contributed by atoms with van der Waals surface area (Å²) in [5.74, 6) is 2.76. The minimum Gasteiger partial charge on any atom is -0.462 e. The number of fused-ring (bicyclic) bond motifs is 7. The summed E-state index contributed by atoms with van der Waals surface area (Å²) in [6.45, 7) is 20.8. The van der Waals surface area contributed by atoms with Gasteiger partial charge in [0, 0.05) is 17.8 Å². The Bertz CT molecular complexity index is 920. The van der Waals surface area contributed by atoms with E-state index in [4.69, 9.17) is 4.74 Å². The molecule has 0 N–H and O–H groups in total. The average molecular weight is 483 g/mol. The van der Waals surface area contributed by atoms with Gasteiger partial charge in [0.2, 0.25) is 0 Å². The number of esters is 1. The van der Waals surface area contributed by atoms with Gasteiger partial charge >= 0.3 is 5.97 Å². The Morgan fingerprint density at radius 3 is 2.17 bits per heavy atom. The Hall–Kier alpha value is -1.12. The maximum absolute atomic E-state index is 12.6. The molecule has 0 spiro atoms. The first-order valence-electron chi connectivity index (χ1n) is 14.6. The standard InChI is InChI=1S/C32H50O3/c1-20(2)22-11-16-32(19-33)18-17-30(7)23(27(22)32)9-10-25-29(6)14-13-26(35-21(3)34)28(4,5)24(29)12-15-31(25,30)8/h19,22-27H,1,9-18H2,2-8H3/t22-,23+,24-,25+,26-,27-,29-,30-,31+,32+/m0/s1. The third-order valence-corrected chi connectivity index (χ3v) is 13.6. The highest BCUT2D eigenvalue weighted by molar-refractivity contribution is 5.66. The van der Waals surface area contributed by atoms with E-state index in [2.05, 4.69) is 48.1 Å².